The van der Waals surface area contributed by atoms with Gasteiger partial charge in [0.15, 0.2) is 5.13 Å². The van der Waals surface area contributed by atoms with E-state index in [-0.39, 0.29) is 5.91 Å². The third kappa shape index (κ3) is 3.28. The van der Waals surface area contributed by atoms with Crippen molar-refractivity contribution in [1.29, 1.82) is 0 Å². The topological polar surface area (TPSA) is 60.5 Å². The van der Waals surface area contributed by atoms with Crippen molar-refractivity contribution >= 4 is 22.4 Å². The molecule has 138 valence electrons. The molecule has 0 radical (unpaired) electrons. The van der Waals surface area contributed by atoms with Crippen molar-refractivity contribution in [1.82, 2.24) is 4.98 Å². The fraction of sp³-hybridized carbons (Fsp3) is 0.238. The number of rotatable bonds is 4. The number of hydrogen-bond acceptors (Lipinski definition) is 5. The summed E-state index contributed by atoms with van der Waals surface area (Å²) in [5.41, 5.74) is 5.00. The van der Waals surface area contributed by atoms with Gasteiger partial charge in [0.05, 0.1) is 19.9 Å². The lowest BCUT2D eigenvalue weighted by Gasteiger charge is -2.17. The molecular weight excluding hydrogens is 360 g/mol. The summed E-state index contributed by atoms with van der Waals surface area (Å²) in [6.45, 7) is 2.03. The monoisotopic (exact) mass is 380 g/mol. The molecule has 0 aliphatic heterocycles. The standard InChI is InChI=1S/C21H20N2O3S/c1-12-10-16-14(11-17(12)26-3)6-9-18-19(16)22-21(27-18)23-20(24)13-4-7-15(25-2)8-5-13/h4-5,7-8,10-11H,6,9H2,1-3H3,(H,22,23,24). The Morgan fingerprint density at radius 1 is 1.11 bits per heavy atom. The molecule has 0 atom stereocenters. The van der Waals surface area contributed by atoms with Gasteiger partial charge in [0, 0.05) is 16.0 Å². The maximum Gasteiger partial charge on any atom is 0.257 e. The molecule has 1 N–H and O–H groups in total. The summed E-state index contributed by atoms with van der Waals surface area (Å²) in [5, 5.41) is 3.55. The molecule has 1 aliphatic carbocycles. The van der Waals surface area contributed by atoms with Gasteiger partial charge in [0.25, 0.3) is 5.91 Å². The maximum atomic E-state index is 12.5. The van der Waals surface area contributed by atoms with Crippen molar-refractivity contribution in [2.24, 2.45) is 0 Å². The molecule has 2 aromatic carbocycles. The highest BCUT2D eigenvalue weighted by atomic mass is 32.1. The van der Waals surface area contributed by atoms with Crippen molar-refractivity contribution in [2.75, 3.05) is 19.5 Å². The summed E-state index contributed by atoms with van der Waals surface area (Å²) < 4.78 is 10.6. The molecule has 6 heteroatoms. The van der Waals surface area contributed by atoms with E-state index in [1.807, 2.05) is 6.92 Å². The molecule has 3 aromatic rings. The number of anilines is 1. The number of nitrogens with one attached hydrogen (secondary N) is 1. The van der Waals surface area contributed by atoms with Crippen molar-refractivity contribution in [3.8, 4) is 22.8 Å². The van der Waals surface area contributed by atoms with Gasteiger partial charge in [-0.3, -0.25) is 10.1 Å². The Kier molecular flexibility index (Phi) is 4.58. The lowest BCUT2D eigenvalue weighted by molar-refractivity contribution is 0.102. The lowest BCUT2D eigenvalue weighted by atomic mass is 9.91. The summed E-state index contributed by atoms with van der Waals surface area (Å²) in [5.74, 6) is 1.45. The number of fused-ring (bicyclic) bond motifs is 3. The van der Waals surface area contributed by atoms with Crippen LogP contribution in [0.1, 0.15) is 26.4 Å². The number of thiazole rings is 1. The number of aromatic nitrogens is 1. The molecule has 4 rings (SSSR count). The second-order valence-electron chi connectivity index (χ2n) is 6.45. The molecule has 0 bridgehead atoms. The van der Waals surface area contributed by atoms with Crippen LogP contribution in [0.3, 0.4) is 0 Å². The molecule has 0 saturated carbocycles. The molecule has 27 heavy (non-hydrogen) atoms. The molecule has 0 spiro atoms. The number of aryl methyl sites for hydroxylation is 3. The number of carbonyl (C=O) groups excluding carboxylic acids is 1. The zero-order chi connectivity index (χ0) is 19.0. The first-order chi connectivity index (χ1) is 13.1. The van der Waals surface area contributed by atoms with E-state index in [0.717, 1.165) is 41.2 Å². The van der Waals surface area contributed by atoms with Crippen molar-refractivity contribution in [3.05, 3.63) is 58.0 Å². The van der Waals surface area contributed by atoms with Gasteiger partial charge in [0.2, 0.25) is 0 Å². The third-order valence-electron chi connectivity index (χ3n) is 4.77. The summed E-state index contributed by atoms with van der Waals surface area (Å²) in [6, 6.07) is 11.3. The van der Waals surface area contributed by atoms with E-state index in [9.17, 15) is 4.79 Å². The van der Waals surface area contributed by atoms with Gasteiger partial charge >= 0.3 is 0 Å². The van der Waals surface area contributed by atoms with Crippen molar-refractivity contribution in [3.63, 3.8) is 0 Å². The molecular formula is C21H20N2O3S. The average molecular weight is 380 g/mol. The molecule has 1 aromatic heterocycles. The maximum absolute atomic E-state index is 12.5. The summed E-state index contributed by atoms with van der Waals surface area (Å²) in [7, 11) is 3.29. The molecule has 0 fully saturated rings. The molecule has 1 amide bonds. The Bertz CT molecular complexity index is 1010. The highest BCUT2D eigenvalue weighted by Crippen LogP contribution is 2.40. The average Bonchev–Trinajstić information content (AvgIpc) is 3.10. The largest absolute Gasteiger partial charge is 0.497 e. The smallest absolute Gasteiger partial charge is 0.257 e. The quantitative estimate of drug-likeness (QED) is 0.725. The summed E-state index contributed by atoms with van der Waals surface area (Å²) in [4.78, 5) is 18.4. The fourth-order valence-electron chi connectivity index (χ4n) is 3.32. The van der Waals surface area contributed by atoms with Gasteiger partial charge < -0.3 is 9.47 Å². The van der Waals surface area contributed by atoms with Crippen LogP contribution >= 0.6 is 11.3 Å². The number of amides is 1. The van der Waals surface area contributed by atoms with Crippen molar-refractivity contribution < 1.29 is 14.3 Å². The SMILES string of the molecule is COc1ccc(C(=O)Nc2nc3c(s2)CCc2cc(OC)c(C)cc2-3)cc1. The highest BCUT2D eigenvalue weighted by molar-refractivity contribution is 7.16. The van der Waals surface area contributed by atoms with Crippen LogP contribution in [0.25, 0.3) is 11.3 Å². The summed E-state index contributed by atoms with van der Waals surface area (Å²) >= 11 is 1.55. The molecule has 0 saturated heterocycles. The van der Waals surface area contributed by atoms with Crippen LogP contribution in [0.5, 0.6) is 11.5 Å². The number of carbonyl (C=O) groups is 1. The van der Waals surface area contributed by atoms with Gasteiger partial charge in [-0.1, -0.05) is 0 Å². The predicted octanol–water partition coefficient (Wildman–Crippen LogP) is 4.49. The van der Waals surface area contributed by atoms with Crippen molar-refractivity contribution in [2.45, 2.75) is 19.8 Å². The minimum Gasteiger partial charge on any atom is -0.497 e. The van der Waals surface area contributed by atoms with Crippen LogP contribution < -0.4 is 14.8 Å². The lowest BCUT2D eigenvalue weighted by Crippen LogP contribution is -2.11. The first-order valence-corrected chi connectivity index (χ1v) is 9.53. The van der Waals surface area contributed by atoms with E-state index in [1.54, 1.807) is 49.8 Å². The van der Waals surface area contributed by atoms with E-state index in [4.69, 9.17) is 14.5 Å². The van der Waals surface area contributed by atoms with Crippen LogP contribution in [0, 0.1) is 6.92 Å². The van der Waals surface area contributed by atoms with E-state index in [2.05, 4.69) is 17.4 Å². The van der Waals surface area contributed by atoms with Gasteiger partial charge in [-0.05, 0) is 67.3 Å². The molecule has 5 nitrogen and oxygen atoms in total. The second-order valence-corrected chi connectivity index (χ2v) is 7.54. The Morgan fingerprint density at radius 3 is 2.59 bits per heavy atom. The molecule has 1 heterocycles. The highest BCUT2D eigenvalue weighted by Gasteiger charge is 2.23. The van der Waals surface area contributed by atoms with Crippen LogP contribution in [-0.2, 0) is 12.8 Å². The number of ether oxygens (including phenoxy) is 2. The van der Waals surface area contributed by atoms with Crippen LogP contribution in [0.4, 0.5) is 5.13 Å². The molecule has 1 aliphatic rings. The normalized spacial score (nSPS) is 12.1. The van der Waals surface area contributed by atoms with E-state index >= 15 is 0 Å². The van der Waals surface area contributed by atoms with Gasteiger partial charge in [-0.25, -0.2) is 4.98 Å². The zero-order valence-corrected chi connectivity index (χ0v) is 16.3. The third-order valence-corrected chi connectivity index (χ3v) is 5.80. The first kappa shape index (κ1) is 17.5. The number of benzene rings is 2. The van der Waals surface area contributed by atoms with Crippen LogP contribution in [-0.4, -0.2) is 25.1 Å². The van der Waals surface area contributed by atoms with Crippen LogP contribution in [0.15, 0.2) is 36.4 Å². The fourth-order valence-corrected chi connectivity index (χ4v) is 4.29. The first-order valence-electron chi connectivity index (χ1n) is 8.72. The van der Waals surface area contributed by atoms with E-state index in [0.29, 0.717) is 10.7 Å². The second kappa shape index (κ2) is 7.04. The minimum absolute atomic E-state index is 0.171. The Hall–Kier alpha value is -2.86. The predicted molar refractivity (Wildman–Crippen MR) is 107 cm³/mol. The Morgan fingerprint density at radius 2 is 1.89 bits per heavy atom. The minimum atomic E-state index is -0.171. The summed E-state index contributed by atoms with van der Waals surface area (Å²) in [6.07, 6.45) is 1.87. The molecule has 0 unspecified atom stereocenters. The number of methoxy groups -OCH3 is 2. The van der Waals surface area contributed by atoms with Gasteiger partial charge in [-0.2, -0.15) is 0 Å². The van der Waals surface area contributed by atoms with Crippen LogP contribution in [0.2, 0.25) is 0 Å². The van der Waals surface area contributed by atoms with E-state index < -0.39 is 0 Å². The zero-order valence-electron chi connectivity index (χ0n) is 15.5. The number of hydrogen-bond donors (Lipinski definition) is 1. The Balaban J connectivity index is 1.61. The van der Waals surface area contributed by atoms with Gasteiger partial charge in [0.1, 0.15) is 11.5 Å². The van der Waals surface area contributed by atoms with Gasteiger partial charge in [-0.15, -0.1) is 11.3 Å². The number of nitrogens with zero attached hydrogens (tertiary/aromatic N) is 1. The Labute approximate surface area is 162 Å². The van der Waals surface area contributed by atoms with E-state index in [1.165, 1.54) is 10.4 Å².